The van der Waals surface area contributed by atoms with Crippen molar-refractivity contribution in [1.29, 1.82) is 0 Å². The molecule has 1 saturated heterocycles. The van der Waals surface area contributed by atoms with E-state index in [1.54, 1.807) is 19.3 Å². The van der Waals surface area contributed by atoms with Crippen molar-refractivity contribution in [3.05, 3.63) is 0 Å². The normalized spacial score (nSPS) is 51.9. The van der Waals surface area contributed by atoms with E-state index in [9.17, 15) is 0 Å². The lowest BCUT2D eigenvalue weighted by Gasteiger charge is -2.57. The van der Waals surface area contributed by atoms with Crippen LogP contribution in [0.4, 0.5) is 0 Å². The molecule has 0 aromatic rings. The summed E-state index contributed by atoms with van der Waals surface area (Å²) >= 11 is 0. The Hall–Kier alpha value is -0.0800. The molecular weight excluding hydrogens is 232 g/mol. The van der Waals surface area contributed by atoms with E-state index < -0.39 is 0 Å². The Morgan fingerprint density at radius 3 is 1.95 bits per heavy atom. The van der Waals surface area contributed by atoms with E-state index >= 15 is 0 Å². The number of rotatable bonds is 2. The molecule has 5 fully saturated rings. The van der Waals surface area contributed by atoms with Crippen LogP contribution in [0.2, 0.25) is 0 Å². The van der Waals surface area contributed by atoms with Gasteiger partial charge in [0.25, 0.3) is 0 Å². The molecule has 1 aliphatic heterocycles. The summed E-state index contributed by atoms with van der Waals surface area (Å²) in [6.45, 7) is 8.40. The molecule has 0 aromatic carbocycles. The fraction of sp³-hybridized carbons (Fsp3) is 1.00. The molecule has 0 aromatic heterocycles. The van der Waals surface area contributed by atoms with Gasteiger partial charge in [0.15, 0.2) is 0 Å². The van der Waals surface area contributed by atoms with E-state index in [1.807, 2.05) is 0 Å². The van der Waals surface area contributed by atoms with Crippen molar-refractivity contribution < 1.29 is 0 Å². The lowest BCUT2D eigenvalue weighted by atomic mass is 9.49. The van der Waals surface area contributed by atoms with E-state index in [4.69, 9.17) is 5.73 Å². The van der Waals surface area contributed by atoms with Crippen LogP contribution in [0.5, 0.6) is 0 Å². The Bertz CT molecular complexity index is 338. The van der Waals surface area contributed by atoms with Crippen LogP contribution in [0.15, 0.2) is 0 Å². The highest BCUT2D eigenvalue weighted by atomic mass is 15.2. The van der Waals surface area contributed by atoms with E-state index in [0.717, 1.165) is 24.3 Å². The maximum atomic E-state index is 6.33. The first-order chi connectivity index (χ1) is 8.94. The minimum Gasteiger partial charge on any atom is -0.326 e. The molecular formula is C17H30N2. The van der Waals surface area contributed by atoms with Gasteiger partial charge >= 0.3 is 0 Å². The molecule has 2 nitrogen and oxygen atoms in total. The second-order valence-electron chi connectivity index (χ2n) is 9.18. The third-order valence-corrected chi connectivity index (χ3v) is 6.81. The number of nitrogens with zero attached hydrogens (tertiary/aromatic N) is 1. The largest absolute Gasteiger partial charge is 0.326 e. The molecule has 1 unspecified atom stereocenters. The fourth-order valence-corrected chi connectivity index (χ4v) is 6.36. The third kappa shape index (κ3) is 2.06. The third-order valence-electron chi connectivity index (χ3n) is 6.81. The summed E-state index contributed by atoms with van der Waals surface area (Å²) in [5.74, 6) is 3.24. The number of nitrogens with two attached hydrogens (primary N) is 1. The van der Waals surface area contributed by atoms with Gasteiger partial charge in [-0.2, -0.15) is 0 Å². The minimum absolute atomic E-state index is 0.322. The second kappa shape index (κ2) is 3.98. The molecule has 0 amide bonds. The van der Waals surface area contributed by atoms with Crippen molar-refractivity contribution >= 4 is 0 Å². The summed E-state index contributed by atoms with van der Waals surface area (Å²) in [6, 6.07) is 0.376. The Morgan fingerprint density at radius 1 is 1.00 bits per heavy atom. The van der Waals surface area contributed by atoms with E-state index in [-0.39, 0.29) is 0 Å². The Kier molecular flexibility index (Phi) is 2.65. The highest BCUT2D eigenvalue weighted by Gasteiger charge is 2.52. The van der Waals surface area contributed by atoms with Crippen molar-refractivity contribution in [2.75, 3.05) is 19.6 Å². The molecule has 5 rings (SSSR count). The topological polar surface area (TPSA) is 29.3 Å². The highest BCUT2D eigenvalue weighted by molar-refractivity contribution is 5.04. The lowest BCUT2D eigenvalue weighted by Crippen LogP contribution is -2.51. The fourth-order valence-electron chi connectivity index (χ4n) is 6.36. The summed E-state index contributed by atoms with van der Waals surface area (Å²) in [6.07, 6.45) is 9.28. The zero-order valence-corrected chi connectivity index (χ0v) is 12.7. The van der Waals surface area contributed by atoms with Crippen LogP contribution in [0.1, 0.15) is 52.4 Å². The molecule has 4 saturated carbocycles. The molecule has 108 valence electrons. The first-order valence-electron chi connectivity index (χ1n) is 8.42. The van der Waals surface area contributed by atoms with Crippen LogP contribution in [0.25, 0.3) is 0 Å². The zero-order valence-electron chi connectivity index (χ0n) is 12.7. The maximum absolute atomic E-state index is 6.33. The van der Waals surface area contributed by atoms with Crippen molar-refractivity contribution in [1.82, 2.24) is 4.90 Å². The monoisotopic (exact) mass is 262 g/mol. The Balaban J connectivity index is 1.48. The minimum atomic E-state index is 0.322. The van der Waals surface area contributed by atoms with Crippen molar-refractivity contribution in [2.24, 2.45) is 34.3 Å². The smallest absolute Gasteiger partial charge is 0.0232 e. The number of hydrogen-bond donors (Lipinski definition) is 1. The lowest BCUT2D eigenvalue weighted by molar-refractivity contribution is -0.0673. The van der Waals surface area contributed by atoms with E-state index in [0.29, 0.717) is 16.9 Å². The Labute approximate surface area is 118 Å². The average molecular weight is 262 g/mol. The molecule has 4 bridgehead atoms. The molecule has 1 heterocycles. The SMILES string of the molecule is CC1(C)CN(CC23CC4CC(CC(C4)C2)C3)CC1N. The molecule has 19 heavy (non-hydrogen) atoms. The summed E-state index contributed by atoms with van der Waals surface area (Å²) in [5, 5.41) is 0. The summed E-state index contributed by atoms with van der Waals surface area (Å²) in [7, 11) is 0. The number of likely N-dealkylation sites (tertiary alicyclic amines) is 1. The van der Waals surface area contributed by atoms with Gasteiger partial charge in [-0.3, -0.25) is 0 Å². The average Bonchev–Trinajstić information content (AvgIpc) is 2.48. The molecule has 0 spiro atoms. The van der Waals surface area contributed by atoms with Crippen LogP contribution in [-0.4, -0.2) is 30.6 Å². The van der Waals surface area contributed by atoms with Crippen LogP contribution in [0, 0.1) is 28.6 Å². The van der Waals surface area contributed by atoms with Gasteiger partial charge < -0.3 is 10.6 Å². The second-order valence-corrected chi connectivity index (χ2v) is 9.18. The van der Waals surface area contributed by atoms with E-state index in [2.05, 4.69) is 18.7 Å². The molecule has 5 aliphatic rings. The van der Waals surface area contributed by atoms with Crippen LogP contribution >= 0.6 is 0 Å². The van der Waals surface area contributed by atoms with Gasteiger partial charge in [-0.05, 0) is 67.1 Å². The first kappa shape index (κ1) is 12.6. The van der Waals surface area contributed by atoms with Gasteiger partial charge in [-0.15, -0.1) is 0 Å². The first-order valence-corrected chi connectivity index (χ1v) is 8.42. The molecule has 2 heteroatoms. The van der Waals surface area contributed by atoms with Crippen molar-refractivity contribution in [3.63, 3.8) is 0 Å². The van der Waals surface area contributed by atoms with Gasteiger partial charge in [-0.1, -0.05) is 13.8 Å². The molecule has 2 N–H and O–H groups in total. The quantitative estimate of drug-likeness (QED) is 0.829. The highest BCUT2D eigenvalue weighted by Crippen LogP contribution is 2.60. The van der Waals surface area contributed by atoms with Crippen LogP contribution in [-0.2, 0) is 0 Å². The standard InChI is InChI=1S/C17H30N2/c1-16(2)10-19(9-15(16)18)11-17-6-12-3-13(7-17)5-14(4-12)8-17/h12-15H,3-11,18H2,1-2H3. The van der Waals surface area contributed by atoms with Crippen LogP contribution < -0.4 is 5.73 Å². The van der Waals surface area contributed by atoms with Crippen molar-refractivity contribution in [3.8, 4) is 0 Å². The molecule has 0 radical (unpaired) electrons. The zero-order chi connectivity index (χ0) is 13.3. The number of hydrogen-bond acceptors (Lipinski definition) is 2. The van der Waals surface area contributed by atoms with E-state index in [1.165, 1.54) is 32.4 Å². The summed E-state index contributed by atoms with van der Waals surface area (Å²) < 4.78 is 0. The Morgan fingerprint density at radius 2 is 1.53 bits per heavy atom. The predicted molar refractivity (Wildman–Crippen MR) is 78.8 cm³/mol. The summed E-state index contributed by atoms with van der Waals surface area (Å²) in [5.41, 5.74) is 7.34. The van der Waals surface area contributed by atoms with Gasteiger partial charge in [0, 0.05) is 25.7 Å². The van der Waals surface area contributed by atoms with Crippen molar-refractivity contribution in [2.45, 2.75) is 58.4 Å². The van der Waals surface area contributed by atoms with Gasteiger partial charge in [0.05, 0.1) is 0 Å². The summed E-state index contributed by atoms with van der Waals surface area (Å²) in [4.78, 5) is 2.71. The van der Waals surface area contributed by atoms with Gasteiger partial charge in [0.1, 0.15) is 0 Å². The predicted octanol–water partition coefficient (Wildman–Crippen LogP) is 2.87. The van der Waals surface area contributed by atoms with Gasteiger partial charge in [-0.25, -0.2) is 0 Å². The van der Waals surface area contributed by atoms with Gasteiger partial charge in [0.2, 0.25) is 0 Å². The van der Waals surface area contributed by atoms with Crippen LogP contribution in [0.3, 0.4) is 0 Å². The molecule has 4 aliphatic carbocycles. The maximum Gasteiger partial charge on any atom is 0.0232 e. The molecule has 1 atom stereocenters.